The minimum absolute atomic E-state index is 0.142. The molecule has 4 aromatic rings. The van der Waals surface area contributed by atoms with Crippen LogP contribution in [0.25, 0.3) is 0 Å². The van der Waals surface area contributed by atoms with Crippen LogP contribution in [0.5, 0.6) is 5.75 Å². The molecule has 0 aliphatic carbocycles. The highest BCUT2D eigenvalue weighted by Gasteiger charge is 2.42. The molecule has 2 atom stereocenters. The summed E-state index contributed by atoms with van der Waals surface area (Å²) >= 11 is 12.3. The Kier molecular flexibility index (Phi) is 5.98. The molecule has 8 heteroatoms. The summed E-state index contributed by atoms with van der Waals surface area (Å²) in [6.45, 7) is 0.651. The van der Waals surface area contributed by atoms with Gasteiger partial charge in [-0.2, -0.15) is 0 Å². The molecule has 166 valence electrons. The average Bonchev–Trinajstić information content (AvgIpc) is 3.43. The number of aromatic nitrogens is 3. The molecule has 0 bridgehead atoms. The van der Waals surface area contributed by atoms with Gasteiger partial charge in [-0.15, -0.1) is 0 Å². The van der Waals surface area contributed by atoms with Gasteiger partial charge in [-0.3, -0.25) is 9.97 Å². The van der Waals surface area contributed by atoms with Gasteiger partial charge in [0, 0.05) is 30.0 Å². The van der Waals surface area contributed by atoms with Crippen molar-refractivity contribution in [2.45, 2.75) is 18.6 Å². The van der Waals surface area contributed by atoms with Crippen molar-refractivity contribution in [1.29, 1.82) is 0 Å². The number of nitrogens with zero attached hydrogens (tertiary/aromatic N) is 4. The number of hydrogen-bond donors (Lipinski definition) is 1. The van der Waals surface area contributed by atoms with E-state index in [1.807, 2.05) is 66.9 Å². The summed E-state index contributed by atoms with van der Waals surface area (Å²) in [4.78, 5) is 11.2. The third kappa shape index (κ3) is 4.17. The van der Waals surface area contributed by atoms with E-state index in [0.717, 1.165) is 22.8 Å². The van der Waals surface area contributed by atoms with Gasteiger partial charge in [0.05, 0.1) is 36.1 Å². The quantitative estimate of drug-likeness (QED) is 0.388. The van der Waals surface area contributed by atoms with Crippen LogP contribution in [0.4, 0.5) is 5.69 Å². The number of thiocarbonyl (C=S) groups is 1. The van der Waals surface area contributed by atoms with Gasteiger partial charge in [-0.1, -0.05) is 23.7 Å². The van der Waals surface area contributed by atoms with Gasteiger partial charge in [0.15, 0.2) is 5.11 Å². The first-order valence-electron chi connectivity index (χ1n) is 10.5. The number of rotatable bonds is 6. The van der Waals surface area contributed by atoms with Crippen LogP contribution < -0.4 is 15.0 Å². The van der Waals surface area contributed by atoms with Crippen LogP contribution >= 0.6 is 23.8 Å². The summed E-state index contributed by atoms with van der Waals surface area (Å²) in [5, 5.41) is 4.63. The highest BCUT2D eigenvalue weighted by atomic mass is 35.5. The van der Waals surface area contributed by atoms with E-state index in [0.29, 0.717) is 22.4 Å². The smallest absolute Gasteiger partial charge is 0.174 e. The summed E-state index contributed by atoms with van der Waals surface area (Å²) < 4.78 is 7.55. The van der Waals surface area contributed by atoms with Crippen molar-refractivity contribution in [2.75, 3.05) is 12.0 Å². The summed E-state index contributed by atoms with van der Waals surface area (Å²) in [5.41, 5.74) is 3.87. The summed E-state index contributed by atoms with van der Waals surface area (Å²) in [5.74, 6) is 0.620. The van der Waals surface area contributed by atoms with E-state index in [-0.39, 0.29) is 12.1 Å². The lowest BCUT2D eigenvalue weighted by molar-refractivity contribution is 0.415. The Balaban J connectivity index is 1.60. The van der Waals surface area contributed by atoms with Crippen LogP contribution in [0.3, 0.4) is 0 Å². The molecule has 0 unspecified atom stereocenters. The maximum atomic E-state index is 6.48. The van der Waals surface area contributed by atoms with Crippen molar-refractivity contribution in [3.63, 3.8) is 0 Å². The van der Waals surface area contributed by atoms with Crippen LogP contribution in [-0.2, 0) is 6.54 Å². The molecule has 1 fully saturated rings. The van der Waals surface area contributed by atoms with Crippen LogP contribution in [0.1, 0.15) is 29.2 Å². The Hall–Kier alpha value is -3.42. The second-order valence-electron chi connectivity index (χ2n) is 7.70. The molecular formula is C25H22ClN5OS. The lowest BCUT2D eigenvalue weighted by atomic mass is 10.0. The molecule has 33 heavy (non-hydrogen) atoms. The lowest BCUT2D eigenvalue weighted by Crippen LogP contribution is -2.30. The fraction of sp³-hybridized carbons (Fsp3) is 0.160. The number of pyridine rings is 2. The van der Waals surface area contributed by atoms with Crippen molar-refractivity contribution in [3.05, 3.63) is 107 Å². The zero-order chi connectivity index (χ0) is 22.8. The van der Waals surface area contributed by atoms with Gasteiger partial charge in [0.2, 0.25) is 0 Å². The van der Waals surface area contributed by atoms with E-state index < -0.39 is 0 Å². The molecule has 1 aromatic carbocycles. The highest BCUT2D eigenvalue weighted by Crippen LogP contribution is 2.43. The predicted octanol–water partition coefficient (Wildman–Crippen LogP) is 5.17. The van der Waals surface area contributed by atoms with Crippen molar-refractivity contribution >= 4 is 34.6 Å². The zero-order valence-corrected chi connectivity index (χ0v) is 19.5. The maximum Gasteiger partial charge on any atom is 0.174 e. The summed E-state index contributed by atoms with van der Waals surface area (Å²) in [7, 11) is 1.60. The maximum absolute atomic E-state index is 6.48. The van der Waals surface area contributed by atoms with E-state index in [1.165, 1.54) is 0 Å². The number of hydrogen-bond acceptors (Lipinski definition) is 4. The SMILES string of the molecule is COc1ccc(N2C(=S)N[C@H](c3ccccn3)[C@@H]2c2cccn2Cc2ccccn2)cc1Cl. The molecule has 1 N–H and O–H groups in total. The molecule has 1 saturated heterocycles. The fourth-order valence-corrected chi connectivity index (χ4v) is 4.84. The van der Waals surface area contributed by atoms with Crippen molar-refractivity contribution < 1.29 is 4.74 Å². The van der Waals surface area contributed by atoms with Gasteiger partial charge >= 0.3 is 0 Å². The second kappa shape index (κ2) is 9.21. The van der Waals surface area contributed by atoms with Gasteiger partial charge in [0.25, 0.3) is 0 Å². The molecule has 4 heterocycles. The topological polar surface area (TPSA) is 55.2 Å². The summed E-state index contributed by atoms with van der Waals surface area (Å²) in [6.07, 6.45) is 5.68. The Labute approximate surface area is 202 Å². The van der Waals surface area contributed by atoms with Crippen molar-refractivity contribution in [2.24, 2.45) is 0 Å². The number of methoxy groups -OCH3 is 1. The average molecular weight is 476 g/mol. The van der Waals surface area contributed by atoms with E-state index in [9.17, 15) is 0 Å². The molecule has 0 radical (unpaired) electrons. The molecule has 3 aromatic heterocycles. The van der Waals surface area contributed by atoms with Crippen molar-refractivity contribution in [3.8, 4) is 5.75 Å². The number of ether oxygens (including phenoxy) is 1. The first-order chi connectivity index (χ1) is 16.2. The molecule has 0 saturated carbocycles. The van der Waals surface area contributed by atoms with Gasteiger partial charge in [-0.25, -0.2) is 0 Å². The molecule has 1 aliphatic rings. The van der Waals surface area contributed by atoms with Gasteiger partial charge < -0.3 is 19.5 Å². The number of halogens is 1. The van der Waals surface area contributed by atoms with E-state index in [1.54, 1.807) is 13.3 Å². The molecule has 0 amide bonds. The molecular weight excluding hydrogens is 454 g/mol. The normalized spacial score (nSPS) is 17.8. The van der Waals surface area contributed by atoms with Crippen LogP contribution in [-0.4, -0.2) is 26.8 Å². The van der Waals surface area contributed by atoms with E-state index in [4.69, 9.17) is 28.6 Å². The largest absolute Gasteiger partial charge is 0.495 e. The fourth-order valence-electron chi connectivity index (χ4n) is 4.24. The van der Waals surface area contributed by atoms with E-state index in [2.05, 4.69) is 37.0 Å². The number of nitrogens with one attached hydrogen (secondary N) is 1. The minimum atomic E-state index is -0.143. The molecule has 5 rings (SSSR count). The van der Waals surface area contributed by atoms with Crippen molar-refractivity contribution in [1.82, 2.24) is 19.9 Å². The van der Waals surface area contributed by atoms with E-state index >= 15 is 0 Å². The third-order valence-electron chi connectivity index (χ3n) is 5.74. The molecule has 1 aliphatic heterocycles. The summed E-state index contributed by atoms with van der Waals surface area (Å²) in [6, 6.07) is 21.5. The Bertz CT molecular complexity index is 1260. The first kappa shape index (κ1) is 21.4. The Morgan fingerprint density at radius 3 is 2.55 bits per heavy atom. The Morgan fingerprint density at radius 1 is 1.03 bits per heavy atom. The van der Waals surface area contributed by atoms with Gasteiger partial charge in [0.1, 0.15) is 11.8 Å². The standard InChI is InChI=1S/C25H22ClN5OS/c1-32-22-11-10-18(15-19(22)26)31-24(23(29-25(31)33)20-8-3-5-13-28-20)21-9-6-14-30(21)16-17-7-2-4-12-27-17/h2-15,23-24H,16H2,1H3,(H,29,33)/t23-,24+/m1/s1. The van der Waals surface area contributed by atoms with Gasteiger partial charge in [-0.05, 0) is 66.8 Å². The minimum Gasteiger partial charge on any atom is -0.495 e. The lowest BCUT2D eigenvalue weighted by Gasteiger charge is -2.29. The number of anilines is 1. The molecule has 0 spiro atoms. The van der Waals surface area contributed by atoms with Crippen LogP contribution in [0.2, 0.25) is 5.02 Å². The number of benzene rings is 1. The molecule has 6 nitrogen and oxygen atoms in total. The van der Waals surface area contributed by atoms with Crippen LogP contribution in [0.15, 0.2) is 85.3 Å². The van der Waals surface area contributed by atoms with Crippen LogP contribution in [0, 0.1) is 0 Å². The predicted molar refractivity (Wildman–Crippen MR) is 134 cm³/mol. The Morgan fingerprint density at radius 2 is 1.85 bits per heavy atom. The highest BCUT2D eigenvalue weighted by molar-refractivity contribution is 7.80. The second-order valence-corrected chi connectivity index (χ2v) is 8.49. The first-order valence-corrected chi connectivity index (χ1v) is 11.3. The third-order valence-corrected chi connectivity index (χ3v) is 6.35. The zero-order valence-electron chi connectivity index (χ0n) is 17.9. The monoisotopic (exact) mass is 475 g/mol.